The first-order chi connectivity index (χ1) is 16.6. The smallest absolute Gasteiger partial charge is 0.354 e. The van der Waals surface area contributed by atoms with Crippen molar-refractivity contribution in [3.05, 3.63) is 96.3 Å². The zero-order valence-corrected chi connectivity index (χ0v) is 20.2. The molecule has 5 rings (SSSR count). The van der Waals surface area contributed by atoms with Crippen LogP contribution in [0.25, 0.3) is 10.8 Å². The maximum absolute atomic E-state index is 11.2. The number of benzene rings is 3. The highest BCUT2D eigenvalue weighted by molar-refractivity contribution is 5.86. The lowest BCUT2D eigenvalue weighted by Crippen LogP contribution is -2.39. The average molecular weight is 490 g/mol. The number of nitrogens with zero attached hydrogens (tertiary/aromatic N) is 2. The van der Waals surface area contributed by atoms with Gasteiger partial charge in [-0.3, -0.25) is 0 Å². The standard InChI is InChI=1S/C28H27N3O3.ClH/c1-19(23-10-6-8-20-7-2-3-9-24(20)23)29-16-15-22-18-31(26-11-4-5-12-27(26)34-22)21-13-14-25(28(32)33)30-17-21;/h2-14,17,19,22,29H,15-16,18H2,1H3,(H,32,33);1H/t19-,22+;/m1./s1. The summed E-state index contributed by atoms with van der Waals surface area (Å²) in [5, 5.41) is 15.3. The zero-order chi connectivity index (χ0) is 23.5. The Morgan fingerprint density at radius 3 is 2.66 bits per heavy atom. The molecule has 7 heteroatoms. The van der Waals surface area contributed by atoms with Crippen molar-refractivity contribution in [3.63, 3.8) is 0 Å². The van der Waals surface area contributed by atoms with Crippen molar-refractivity contribution in [2.24, 2.45) is 0 Å². The summed E-state index contributed by atoms with van der Waals surface area (Å²) in [4.78, 5) is 17.4. The van der Waals surface area contributed by atoms with Gasteiger partial charge in [-0.15, -0.1) is 12.4 Å². The average Bonchev–Trinajstić information content (AvgIpc) is 2.88. The molecule has 0 aliphatic carbocycles. The first-order valence-electron chi connectivity index (χ1n) is 11.5. The predicted octanol–water partition coefficient (Wildman–Crippen LogP) is 5.99. The number of para-hydroxylation sites is 2. The molecule has 1 aliphatic rings. The molecule has 0 fully saturated rings. The number of aromatic nitrogens is 1. The Labute approximate surface area is 211 Å². The molecule has 35 heavy (non-hydrogen) atoms. The van der Waals surface area contributed by atoms with Crippen LogP contribution in [0, 0.1) is 0 Å². The lowest BCUT2D eigenvalue weighted by molar-refractivity contribution is 0.0690. The number of carbonyl (C=O) groups is 1. The minimum Gasteiger partial charge on any atom is -0.486 e. The molecule has 2 N–H and O–H groups in total. The number of ether oxygens (including phenoxy) is 1. The normalized spacial score (nSPS) is 15.6. The molecule has 2 heterocycles. The van der Waals surface area contributed by atoms with Crippen molar-refractivity contribution >= 4 is 40.5 Å². The Morgan fingerprint density at radius 1 is 1.09 bits per heavy atom. The van der Waals surface area contributed by atoms with Gasteiger partial charge in [0.1, 0.15) is 17.5 Å². The summed E-state index contributed by atoms with van der Waals surface area (Å²) in [6, 6.07) is 26.4. The van der Waals surface area contributed by atoms with E-state index in [4.69, 9.17) is 9.84 Å². The van der Waals surface area contributed by atoms with Gasteiger partial charge in [0, 0.05) is 6.04 Å². The van der Waals surface area contributed by atoms with Crippen LogP contribution in [0.1, 0.15) is 35.4 Å². The first-order valence-corrected chi connectivity index (χ1v) is 11.5. The maximum Gasteiger partial charge on any atom is 0.354 e. The van der Waals surface area contributed by atoms with E-state index < -0.39 is 5.97 Å². The van der Waals surface area contributed by atoms with E-state index in [9.17, 15) is 4.79 Å². The van der Waals surface area contributed by atoms with Crippen LogP contribution in [-0.2, 0) is 0 Å². The van der Waals surface area contributed by atoms with Gasteiger partial charge in [0.2, 0.25) is 0 Å². The number of pyridine rings is 1. The van der Waals surface area contributed by atoms with Gasteiger partial charge in [-0.1, -0.05) is 54.6 Å². The molecule has 0 bridgehead atoms. The second-order valence-electron chi connectivity index (χ2n) is 8.56. The minimum absolute atomic E-state index is 0. The molecule has 0 amide bonds. The van der Waals surface area contributed by atoms with Crippen LogP contribution in [0.15, 0.2) is 85.1 Å². The molecule has 180 valence electrons. The van der Waals surface area contributed by atoms with Crippen molar-refractivity contribution < 1.29 is 14.6 Å². The molecular formula is C28H28ClN3O3. The molecule has 0 spiro atoms. The fourth-order valence-corrected chi connectivity index (χ4v) is 4.56. The monoisotopic (exact) mass is 489 g/mol. The van der Waals surface area contributed by atoms with E-state index in [1.54, 1.807) is 12.3 Å². The number of carboxylic acid groups (broad SMARTS) is 1. The highest BCUT2D eigenvalue weighted by Crippen LogP contribution is 2.38. The second kappa shape index (κ2) is 10.8. The quantitative estimate of drug-likeness (QED) is 0.332. The van der Waals surface area contributed by atoms with Gasteiger partial charge in [-0.25, -0.2) is 9.78 Å². The molecule has 1 aromatic heterocycles. The second-order valence-corrected chi connectivity index (χ2v) is 8.56. The van der Waals surface area contributed by atoms with Crippen molar-refractivity contribution in [1.82, 2.24) is 10.3 Å². The number of anilines is 2. The molecule has 1 aliphatic heterocycles. The molecule has 0 saturated heterocycles. The van der Waals surface area contributed by atoms with E-state index in [1.165, 1.54) is 22.4 Å². The van der Waals surface area contributed by atoms with Gasteiger partial charge < -0.3 is 20.1 Å². The Hall–Kier alpha value is -3.61. The van der Waals surface area contributed by atoms with E-state index in [0.717, 1.165) is 30.1 Å². The number of halogens is 1. The number of hydrogen-bond donors (Lipinski definition) is 2. The highest BCUT2D eigenvalue weighted by atomic mass is 35.5. The largest absolute Gasteiger partial charge is 0.486 e. The molecule has 4 aromatic rings. The lowest BCUT2D eigenvalue weighted by atomic mass is 9.99. The van der Waals surface area contributed by atoms with Crippen LogP contribution >= 0.6 is 12.4 Å². The van der Waals surface area contributed by atoms with Gasteiger partial charge >= 0.3 is 5.97 Å². The van der Waals surface area contributed by atoms with Crippen LogP contribution in [0.4, 0.5) is 11.4 Å². The number of fused-ring (bicyclic) bond motifs is 2. The first kappa shape index (κ1) is 24.5. The third-order valence-electron chi connectivity index (χ3n) is 6.32. The van der Waals surface area contributed by atoms with E-state index in [1.807, 2.05) is 24.3 Å². The number of carboxylic acids is 1. The lowest BCUT2D eigenvalue weighted by Gasteiger charge is -2.36. The Bertz CT molecular complexity index is 1310. The zero-order valence-electron chi connectivity index (χ0n) is 19.4. The van der Waals surface area contributed by atoms with Crippen LogP contribution in [-0.4, -0.2) is 35.3 Å². The number of nitrogens with one attached hydrogen (secondary N) is 1. The van der Waals surface area contributed by atoms with E-state index in [-0.39, 0.29) is 30.2 Å². The SMILES string of the molecule is C[C@@H](NCC[C@H]1CN(c2ccc(C(=O)O)nc2)c2ccccc2O1)c1cccc2ccccc12.Cl. The Kier molecular flexibility index (Phi) is 7.54. The molecule has 0 radical (unpaired) electrons. The van der Waals surface area contributed by atoms with Gasteiger partial charge in [0.15, 0.2) is 0 Å². The summed E-state index contributed by atoms with van der Waals surface area (Å²) in [7, 11) is 0. The van der Waals surface area contributed by atoms with Gasteiger partial charge in [0.25, 0.3) is 0 Å². The highest BCUT2D eigenvalue weighted by Gasteiger charge is 2.27. The van der Waals surface area contributed by atoms with Crippen molar-refractivity contribution in [1.29, 1.82) is 0 Å². The summed E-state index contributed by atoms with van der Waals surface area (Å²) < 4.78 is 6.31. The van der Waals surface area contributed by atoms with Crippen molar-refractivity contribution in [2.75, 3.05) is 18.0 Å². The van der Waals surface area contributed by atoms with Crippen LogP contribution in [0.5, 0.6) is 5.75 Å². The third kappa shape index (κ3) is 5.24. The molecule has 3 aromatic carbocycles. The molecule has 6 nitrogen and oxygen atoms in total. The Balaban J connectivity index is 0.00000289. The minimum atomic E-state index is -1.03. The van der Waals surface area contributed by atoms with E-state index in [2.05, 4.69) is 64.6 Å². The molecular weight excluding hydrogens is 462 g/mol. The summed E-state index contributed by atoms with van der Waals surface area (Å²) in [5.74, 6) is -0.207. The third-order valence-corrected chi connectivity index (χ3v) is 6.32. The summed E-state index contributed by atoms with van der Waals surface area (Å²) in [5.41, 5.74) is 3.14. The van der Waals surface area contributed by atoms with E-state index >= 15 is 0 Å². The fourth-order valence-electron chi connectivity index (χ4n) is 4.56. The van der Waals surface area contributed by atoms with E-state index in [0.29, 0.717) is 6.54 Å². The van der Waals surface area contributed by atoms with Gasteiger partial charge in [-0.2, -0.15) is 0 Å². The van der Waals surface area contributed by atoms with Crippen molar-refractivity contribution in [3.8, 4) is 5.75 Å². The molecule has 2 atom stereocenters. The van der Waals surface area contributed by atoms with Crippen LogP contribution in [0.2, 0.25) is 0 Å². The number of rotatable bonds is 7. The molecule has 0 unspecified atom stereocenters. The van der Waals surface area contributed by atoms with Gasteiger partial charge in [-0.05, 0) is 60.5 Å². The summed E-state index contributed by atoms with van der Waals surface area (Å²) in [6.45, 7) is 3.66. The Morgan fingerprint density at radius 2 is 1.86 bits per heavy atom. The number of aromatic carboxylic acids is 1. The van der Waals surface area contributed by atoms with Crippen LogP contribution in [0.3, 0.4) is 0 Å². The summed E-state index contributed by atoms with van der Waals surface area (Å²) in [6.07, 6.45) is 2.44. The van der Waals surface area contributed by atoms with Crippen LogP contribution < -0.4 is 15.0 Å². The summed E-state index contributed by atoms with van der Waals surface area (Å²) >= 11 is 0. The van der Waals surface area contributed by atoms with Crippen molar-refractivity contribution in [2.45, 2.75) is 25.5 Å². The van der Waals surface area contributed by atoms with Gasteiger partial charge in [0.05, 0.1) is 24.1 Å². The number of hydrogen-bond acceptors (Lipinski definition) is 5. The predicted molar refractivity (Wildman–Crippen MR) is 141 cm³/mol. The topological polar surface area (TPSA) is 74.7 Å². The molecule has 0 saturated carbocycles. The fraction of sp³-hybridized carbons (Fsp3) is 0.214. The maximum atomic E-state index is 11.2.